The van der Waals surface area contributed by atoms with Gasteiger partial charge in [0.2, 0.25) is 5.78 Å². The predicted molar refractivity (Wildman–Crippen MR) is 116 cm³/mol. The van der Waals surface area contributed by atoms with E-state index >= 15 is 0 Å². The van der Waals surface area contributed by atoms with Crippen LogP contribution in [0.4, 0.5) is 5.69 Å². The van der Waals surface area contributed by atoms with Gasteiger partial charge in [-0.15, -0.1) is 11.3 Å². The van der Waals surface area contributed by atoms with Crippen molar-refractivity contribution in [1.29, 1.82) is 0 Å². The van der Waals surface area contributed by atoms with Crippen LogP contribution in [0.3, 0.4) is 0 Å². The molecule has 0 amide bonds. The van der Waals surface area contributed by atoms with Crippen LogP contribution in [0, 0.1) is 6.92 Å². The fraction of sp³-hybridized carbons (Fsp3) is 0.143. The lowest BCUT2D eigenvalue weighted by Gasteiger charge is -2.19. The molecule has 3 heterocycles. The molecule has 0 atom stereocenters. The largest absolute Gasteiger partial charge is 0.486 e. The number of ether oxygens (including phenoxy) is 2. The quantitative estimate of drug-likeness (QED) is 0.463. The number of sulfonamides is 1. The minimum absolute atomic E-state index is 0.0617. The highest BCUT2D eigenvalue weighted by atomic mass is 32.2. The van der Waals surface area contributed by atoms with Gasteiger partial charge in [-0.2, -0.15) is 0 Å². The molecular weight excluding hydrogens is 438 g/mol. The van der Waals surface area contributed by atoms with Crippen molar-refractivity contribution in [3.05, 3.63) is 71.0 Å². The number of anilines is 1. The Morgan fingerprint density at radius 1 is 1.10 bits per heavy atom. The van der Waals surface area contributed by atoms with Gasteiger partial charge in [0.05, 0.1) is 10.6 Å². The first kappa shape index (κ1) is 19.6. The summed E-state index contributed by atoms with van der Waals surface area (Å²) in [4.78, 5) is 18.2. The van der Waals surface area contributed by atoms with Crippen molar-refractivity contribution in [1.82, 2.24) is 9.38 Å². The number of ketones is 1. The summed E-state index contributed by atoms with van der Waals surface area (Å²) in [6.07, 6.45) is 1.81. The first-order valence-corrected chi connectivity index (χ1v) is 11.8. The van der Waals surface area contributed by atoms with Crippen LogP contribution in [0.1, 0.15) is 21.7 Å². The molecule has 0 spiro atoms. The number of rotatable bonds is 5. The summed E-state index contributed by atoms with van der Waals surface area (Å²) >= 11 is 1.46. The molecule has 1 N–H and O–H groups in total. The van der Waals surface area contributed by atoms with E-state index in [1.165, 1.54) is 23.5 Å². The van der Waals surface area contributed by atoms with E-state index in [-0.39, 0.29) is 10.7 Å². The van der Waals surface area contributed by atoms with Crippen LogP contribution in [-0.4, -0.2) is 36.8 Å². The summed E-state index contributed by atoms with van der Waals surface area (Å²) in [7, 11) is -3.83. The molecule has 1 aliphatic rings. The van der Waals surface area contributed by atoms with Crippen molar-refractivity contribution in [3.63, 3.8) is 0 Å². The van der Waals surface area contributed by atoms with Gasteiger partial charge in [0.1, 0.15) is 18.9 Å². The van der Waals surface area contributed by atoms with Gasteiger partial charge in [-0.25, -0.2) is 13.4 Å². The van der Waals surface area contributed by atoms with Crippen molar-refractivity contribution in [2.24, 2.45) is 0 Å². The van der Waals surface area contributed by atoms with E-state index in [2.05, 4.69) is 9.71 Å². The number of carbonyl (C=O) groups is 1. The Morgan fingerprint density at radius 3 is 2.61 bits per heavy atom. The SMILES string of the molecule is Cc1nc2sccn2c1C(=O)c1ccc(NS(=O)(=O)c2ccc3c(c2)OCCO3)cc1. The van der Waals surface area contributed by atoms with E-state index in [0.29, 0.717) is 47.4 Å². The Balaban J connectivity index is 1.38. The van der Waals surface area contributed by atoms with Crippen molar-refractivity contribution < 1.29 is 22.7 Å². The number of fused-ring (bicyclic) bond motifs is 2. The maximum atomic E-state index is 13.0. The second-order valence-corrected chi connectivity index (χ2v) is 9.47. The Bertz CT molecular complexity index is 1400. The Hall–Kier alpha value is -3.37. The molecule has 4 aromatic rings. The Kier molecular flexibility index (Phi) is 4.67. The van der Waals surface area contributed by atoms with E-state index in [9.17, 15) is 13.2 Å². The lowest BCUT2D eigenvalue weighted by Crippen LogP contribution is -2.17. The minimum Gasteiger partial charge on any atom is -0.486 e. The zero-order valence-corrected chi connectivity index (χ0v) is 18.0. The fourth-order valence-electron chi connectivity index (χ4n) is 3.40. The third kappa shape index (κ3) is 3.53. The van der Waals surface area contributed by atoms with E-state index in [4.69, 9.17) is 9.47 Å². The van der Waals surface area contributed by atoms with Crippen molar-refractivity contribution >= 4 is 37.8 Å². The average molecular weight is 456 g/mol. The molecule has 2 aromatic carbocycles. The zero-order valence-electron chi connectivity index (χ0n) is 16.4. The molecule has 0 aliphatic carbocycles. The molecule has 31 heavy (non-hydrogen) atoms. The number of aryl methyl sites for hydroxylation is 1. The van der Waals surface area contributed by atoms with Crippen LogP contribution < -0.4 is 14.2 Å². The van der Waals surface area contributed by atoms with E-state index in [0.717, 1.165) is 4.96 Å². The summed E-state index contributed by atoms with van der Waals surface area (Å²) in [6.45, 7) is 2.59. The van der Waals surface area contributed by atoms with Gasteiger partial charge in [-0.05, 0) is 43.3 Å². The normalized spacial score (nSPS) is 13.3. The first-order chi connectivity index (χ1) is 14.9. The van der Waals surface area contributed by atoms with Crippen LogP contribution in [0.5, 0.6) is 11.5 Å². The van der Waals surface area contributed by atoms with Gasteiger partial charge in [-0.1, -0.05) is 0 Å². The molecular formula is C21H17N3O5S2. The number of hydrogen-bond donors (Lipinski definition) is 1. The molecule has 10 heteroatoms. The Labute approximate surface area is 182 Å². The van der Waals surface area contributed by atoms with Crippen LogP contribution in [0.2, 0.25) is 0 Å². The van der Waals surface area contributed by atoms with Gasteiger partial charge >= 0.3 is 0 Å². The molecule has 158 valence electrons. The standard InChI is InChI=1S/C21H17N3O5S2/c1-13-19(24-8-11-30-21(24)22-13)20(25)14-2-4-15(5-3-14)23-31(26,27)16-6-7-17-18(12-16)29-10-9-28-17/h2-8,11-12,23H,9-10H2,1H3. The lowest BCUT2D eigenvalue weighted by molar-refractivity contribution is 0.103. The highest BCUT2D eigenvalue weighted by Crippen LogP contribution is 2.32. The fourth-order valence-corrected chi connectivity index (χ4v) is 5.23. The van der Waals surface area contributed by atoms with Gasteiger partial charge < -0.3 is 9.47 Å². The van der Waals surface area contributed by atoms with Crippen LogP contribution in [0.15, 0.2) is 58.9 Å². The number of aromatic nitrogens is 2. The summed E-state index contributed by atoms with van der Waals surface area (Å²) in [5, 5.41) is 1.87. The number of carbonyl (C=O) groups excluding carboxylic acids is 1. The van der Waals surface area contributed by atoms with Crippen molar-refractivity contribution in [3.8, 4) is 11.5 Å². The smallest absolute Gasteiger partial charge is 0.262 e. The number of hydrogen-bond acceptors (Lipinski definition) is 7. The molecule has 0 unspecified atom stereocenters. The molecule has 1 aliphatic heterocycles. The van der Waals surface area contributed by atoms with Crippen molar-refractivity contribution in [2.75, 3.05) is 17.9 Å². The maximum absolute atomic E-state index is 13.0. The summed E-state index contributed by atoms with van der Waals surface area (Å²) in [5.74, 6) is 0.735. The molecule has 0 radical (unpaired) electrons. The summed E-state index contributed by atoms with van der Waals surface area (Å²) < 4.78 is 40.7. The average Bonchev–Trinajstić information content (AvgIpc) is 3.33. The van der Waals surface area contributed by atoms with Gasteiger partial charge in [0.15, 0.2) is 16.5 Å². The topological polar surface area (TPSA) is 99.0 Å². The third-order valence-corrected chi connectivity index (χ3v) is 7.01. The second-order valence-electron chi connectivity index (χ2n) is 6.92. The van der Waals surface area contributed by atoms with Gasteiger partial charge in [0, 0.05) is 28.9 Å². The summed E-state index contributed by atoms with van der Waals surface area (Å²) in [5.41, 5.74) is 1.94. The van der Waals surface area contributed by atoms with Crippen LogP contribution in [0.25, 0.3) is 4.96 Å². The van der Waals surface area contributed by atoms with E-state index in [1.807, 2.05) is 11.6 Å². The molecule has 5 rings (SSSR count). The number of benzene rings is 2. The van der Waals surface area contributed by atoms with Crippen LogP contribution in [-0.2, 0) is 10.0 Å². The van der Waals surface area contributed by atoms with Gasteiger partial charge in [-0.3, -0.25) is 13.9 Å². The maximum Gasteiger partial charge on any atom is 0.262 e. The Morgan fingerprint density at radius 2 is 1.84 bits per heavy atom. The lowest BCUT2D eigenvalue weighted by atomic mass is 10.1. The van der Waals surface area contributed by atoms with Gasteiger partial charge in [0.25, 0.3) is 10.0 Å². The minimum atomic E-state index is -3.83. The number of nitrogens with one attached hydrogen (secondary N) is 1. The number of thiazole rings is 1. The van der Waals surface area contributed by atoms with E-state index in [1.54, 1.807) is 41.7 Å². The monoisotopic (exact) mass is 455 g/mol. The number of imidazole rings is 1. The molecule has 0 saturated heterocycles. The molecule has 0 saturated carbocycles. The zero-order chi connectivity index (χ0) is 21.6. The highest BCUT2D eigenvalue weighted by molar-refractivity contribution is 7.92. The molecule has 2 aromatic heterocycles. The van der Waals surface area contributed by atoms with Crippen LogP contribution >= 0.6 is 11.3 Å². The second kappa shape index (κ2) is 7.40. The molecule has 8 nitrogen and oxygen atoms in total. The third-order valence-electron chi connectivity index (χ3n) is 4.87. The molecule has 0 fully saturated rings. The summed E-state index contributed by atoms with van der Waals surface area (Å²) in [6, 6.07) is 10.8. The first-order valence-electron chi connectivity index (χ1n) is 9.42. The molecule has 0 bridgehead atoms. The highest BCUT2D eigenvalue weighted by Gasteiger charge is 2.21. The predicted octanol–water partition coefficient (Wildman–Crippen LogP) is 3.51. The van der Waals surface area contributed by atoms with E-state index < -0.39 is 10.0 Å². The number of nitrogens with zero attached hydrogens (tertiary/aromatic N) is 2. The van der Waals surface area contributed by atoms with Crippen molar-refractivity contribution in [2.45, 2.75) is 11.8 Å².